The van der Waals surface area contributed by atoms with Gasteiger partial charge in [-0.05, 0) is 83.9 Å². The molecule has 1 aliphatic carbocycles. The average molecular weight is 739 g/mol. The number of hydrogen-bond acceptors (Lipinski definition) is 0. The molecule has 0 atom stereocenters. The number of aryl methyl sites for hydroxylation is 6. The van der Waals surface area contributed by atoms with Gasteiger partial charge in [-0.1, -0.05) is 142 Å². The molecule has 0 spiro atoms. The van der Waals surface area contributed by atoms with Gasteiger partial charge in [0.25, 0.3) is 0 Å². The molecule has 0 saturated heterocycles. The zero-order chi connectivity index (χ0) is 30.4. The van der Waals surface area contributed by atoms with E-state index in [-0.39, 0.29) is 58.9 Å². The maximum absolute atomic E-state index is 3.90. The first kappa shape index (κ1) is 43.2. The predicted molar refractivity (Wildman–Crippen MR) is 212 cm³/mol. The van der Waals surface area contributed by atoms with Gasteiger partial charge in [-0.3, -0.25) is 6.08 Å². The van der Waals surface area contributed by atoms with E-state index < -0.39 is 8.07 Å². The van der Waals surface area contributed by atoms with E-state index in [1.165, 1.54) is 60.1 Å². The van der Waals surface area contributed by atoms with E-state index in [1.54, 1.807) is 5.20 Å². The summed E-state index contributed by atoms with van der Waals surface area (Å²) in [5, 5.41) is 6.16. The van der Waals surface area contributed by atoms with Crippen molar-refractivity contribution in [2.75, 3.05) is 0 Å². The maximum Gasteiger partial charge on any atom is 0.0994 e. The molecule has 0 amide bonds. The van der Waals surface area contributed by atoms with Crippen molar-refractivity contribution in [3.05, 3.63) is 147 Å². The summed E-state index contributed by atoms with van der Waals surface area (Å²) in [7, 11) is -2.73. The van der Waals surface area contributed by atoms with Gasteiger partial charge < -0.3 is 0 Å². The summed E-state index contributed by atoms with van der Waals surface area (Å²) in [5.74, 6) is 0. The van der Waals surface area contributed by atoms with Crippen LogP contribution in [0.5, 0.6) is 0 Å². The third-order valence-electron chi connectivity index (χ3n) is 9.48. The van der Waals surface area contributed by atoms with Crippen LogP contribution in [0.3, 0.4) is 0 Å². The second-order valence-electron chi connectivity index (χ2n) is 12.1. The van der Waals surface area contributed by atoms with Crippen molar-refractivity contribution < 1.29 is 21.7 Å². The Labute approximate surface area is 320 Å². The van der Waals surface area contributed by atoms with E-state index >= 15 is 0 Å². The quantitative estimate of drug-likeness (QED) is 0.0772. The largest absolute Gasteiger partial charge is 0.269 e. The molecule has 1 aliphatic rings. The molecular weight excluding hydrogens is 687 g/mol. The molecule has 0 fully saturated rings. The Hall–Kier alpha value is -1.84. The van der Waals surface area contributed by atoms with E-state index in [0.29, 0.717) is 0 Å². The minimum Gasteiger partial charge on any atom is -0.269 e. The summed E-state index contributed by atoms with van der Waals surface area (Å²) >= 11 is 0. The van der Waals surface area contributed by atoms with Crippen LogP contribution in [0.1, 0.15) is 86.9 Å². The van der Waals surface area contributed by atoms with Gasteiger partial charge in [-0.15, -0.1) is 43.6 Å². The molecule has 4 aromatic carbocycles. The second-order valence-corrected chi connectivity index (χ2v) is 15.9. The van der Waals surface area contributed by atoms with Crippen molar-refractivity contribution in [1.29, 1.82) is 0 Å². The molecule has 0 N–H and O–H groups in total. The molecular formula is C42H52Cl3SiTi-. The fourth-order valence-corrected chi connectivity index (χ4v) is 12.3. The molecule has 0 aromatic heterocycles. The smallest absolute Gasteiger partial charge is 0.0994 e. The zero-order valence-corrected chi connectivity index (χ0v) is 34.1. The minimum atomic E-state index is -2.73. The van der Waals surface area contributed by atoms with Crippen molar-refractivity contribution in [2.24, 2.45) is 0 Å². The molecule has 5 rings (SSSR count). The van der Waals surface area contributed by atoms with Crippen LogP contribution in [0.15, 0.2) is 102 Å². The van der Waals surface area contributed by atoms with Crippen molar-refractivity contribution in [1.82, 2.24) is 0 Å². The van der Waals surface area contributed by atoms with E-state index in [1.807, 2.05) is 0 Å². The van der Waals surface area contributed by atoms with Gasteiger partial charge >= 0.3 is 0 Å². The molecule has 0 bridgehead atoms. The van der Waals surface area contributed by atoms with Crippen LogP contribution < -0.4 is 15.6 Å². The van der Waals surface area contributed by atoms with Crippen LogP contribution in [-0.4, -0.2) is 8.07 Å². The third kappa shape index (κ3) is 9.24. The normalized spacial score (nSPS) is 12.1. The van der Waals surface area contributed by atoms with Crippen LogP contribution in [0.2, 0.25) is 0 Å². The monoisotopic (exact) mass is 737 g/mol. The van der Waals surface area contributed by atoms with E-state index in [2.05, 4.69) is 139 Å². The van der Waals surface area contributed by atoms with Crippen LogP contribution in [0, 0.1) is 6.08 Å². The first-order chi connectivity index (χ1) is 21.0. The summed E-state index contributed by atoms with van der Waals surface area (Å²) in [6.45, 7) is 13.9. The number of rotatable bonds is 12. The molecule has 0 unspecified atom stereocenters. The molecule has 0 heterocycles. The topological polar surface area (TPSA) is 0 Å². The van der Waals surface area contributed by atoms with Gasteiger partial charge in [-0.2, -0.15) is 11.3 Å². The standard InChI is InChI=1S/C42H49Si.3ClH.Ti/c1-7-31-21-32(8-2)26-39(25-31)43(40-27-33(9-3)22-34(10-4)28-40,41-29-35(11-5)23-36(12-6)30-41)42-20-16-19-38(42)24-37-17-14-13-15-18-37;;;;/h13-15,17-18,20-23,25-30H,7-12,16,24H2,1-6H3;3*1H;/q-1;;;;. The third-order valence-corrected chi connectivity index (χ3v) is 14.3. The summed E-state index contributed by atoms with van der Waals surface area (Å²) in [5.41, 5.74) is 11.5. The molecule has 5 heteroatoms. The van der Waals surface area contributed by atoms with E-state index in [4.69, 9.17) is 0 Å². The van der Waals surface area contributed by atoms with Crippen LogP contribution in [0.25, 0.3) is 0 Å². The molecule has 0 saturated carbocycles. The average Bonchev–Trinajstić information content (AvgIpc) is 3.52. The Morgan fingerprint density at radius 3 is 1.15 bits per heavy atom. The molecule has 47 heavy (non-hydrogen) atoms. The molecule has 0 aliphatic heterocycles. The van der Waals surface area contributed by atoms with Gasteiger partial charge in [0, 0.05) is 21.7 Å². The minimum absolute atomic E-state index is 0. The molecule has 0 radical (unpaired) electrons. The summed E-state index contributed by atoms with van der Waals surface area (Å²) in [6, 6.07) is 33.9. The predicted octanol–water partition coefficient (Wildman–Crippen LogP) is 9.64. The van der Waals surface area contributed by atoms with Gasteiger partial charge in [-0.25, -0.2) is 5.57 Å². The second kappa shape index (κ2) is 20.0. The summed E-state index contributed by atoms with van der Waals surface area (Å²) in [4.78, 5) is 0. The van der Waals surface area contributed by atoms with Crippen molar-refractivity contribution in [3.63, 3.8) is 0 Å². The number of hydrogen-bond donors (Lipinski definition) is 0. The van der Waals surface area contributed by atoms with Crippen molar-refractivity contribution in [2.45, 2.75) is 92.9 Å². The Morgan fingerprint density at radius 1 is 0.489 bits per heavy atom. The van der Waals surface area contributed by atoms with Crippen LogP contribution >= 0.6 is 37.2 Å². The van der Waals surface area contributed by atoms with Gasteiger partial charge in [0.15, 0.2) is 0 Å². The number of benzene rings is 4. The Balaban J connectivity index is 0.00000276. The molecule has 4 aromatic rings. The number of halogens is 3. The van der Waals surface area contributed by atoms with Gasteiger partial charge in [0.2, 0.25) is 0 Å². The van der Waals surface area contributed by atoms with E-state index in [0.717, 1.165) is 51.4 Å². The van der Waals surface area contributed by atoms with Crippen molar-refractivity contribution >= 4 is 60.9 Å². The summed E-state index contributed by atoms with van der Waals surface area (Å²) in [6.07, 6.45) is 14.6. The number of allylic oxidation sites excluding steroid dienone is 4. The maximum atomic E-state index is 3.90. The molecule has 0 nitrogen and oxygen atoms in total. The first-order valence-electron chi connectivity index (χ1n) is 16.7. The van der Waals surface area contributed by atoms with Crippen LogP contribution in [0.4, 0.5) is 0 Å². The van der Waals surface area contributed by atoms with E-state index in [9.17, 15) is 0 Å². The van der Waals surface area contributed by atoms with Crippen LogP contribution in [-0.2, 0) is 66.7 Å². The fraction of sp³-hybridized carbons (Fsp3) is 0.333. The molecule has 250 valence electrons. The zero-order valence-electron chi connectivity index (χ0n) is 29.0. The Morgan fingerprint density at radius 2 is 0.830 bits per heavy atom. The Kier molecular flexibility index (Phi) is 18.4. The Bertz CT molecular complexity index is 1440. The SMILES string of the molecule is CCc1cc(CC)cc([Si](C2=CC[C-]=C2Cc2ccccc2)(c2cc(CC)cc(CC)c2)c2cc(CC)cc(CC)c2)c1.Cl.Cl.Cl.[Ti]. The summed E-state index contributed by atoms with van der Waals surface area (Å²) < 4.78 is 0. The van der Waals surface area contributed by atoms with Crippen molar-refractivity contribution in [3.8, 4) is 0 Å². The van der Waals surface area contributed by atoms with Gasteiger partial charge in [0.1, 0.15) is 0 Å². The first-order valence-corrected chi connectivity index (χ1v) is 18.7. The fourth-order valence-electron chi connectivity index (χ4n) is 6.96. The van der Waals surface area contributed by atoms with Gasteiger partial charge in [0.05, 0.1) is 8.07 Å².